The monoisotopic (exact) mass is 101 g/mol. The second-order valence-corrected chi connectivity index (χ2v) is 1.15. The highest BCUT2D eigenvalue weighted by Crippen LogP contribution is 1.81. The summed E-state index contributed by atoms with van der Waals surface area (Å²) in [6.07, 6.45) is 0.606. The van der Waals surface area contributed by atoms with Gasteiger partial charge in [-0.1, -0.05) is 0 Å². The Kier molecular flexibility index (Phi) is 0.780. The number of aromatic nitrogens is 3. The van der Waals surface area contributed by atoms with E-state index in [1.165, 1.54) is 7.05 Å². The van der Waals surface area contributed by atoms with E-state index in [1.807, 2.05) is 0 Å². The van der Waals surface area contributed by atoms with Crippen molar-refractivity contribution in [2.75, 3.05) is 0 Å². The summed E-state index contributed by atoms with van der Waals surface area (Å²) in [4.78, 5) is 3.20. The number of rotatable bonds is 0. The molecule has 1 heterocycles. The van der Waals surface area contributed by atoms with Gasteiger partial charge in [0.1, 0.15) is 6.33 Å². The van der Waals surface area contributed by atoms with Gasteiger partial charge in [0.25, 0.3) is 0 Å². The second kappa shape index (κ2) is 1.29. The van der Waals surface area contributed by atoms with Crippen LogP contribution in [0, 0.1) is 6.08 Å². The van der Waals surface area contributed by atoms with Crippen molar-refractivity contribution in [2.24, 2.45) is 7.05 Å². The minimum absolute atomic E-state index is 0.556. The average molecular weight is 101 g/mol. The molecule has 0 saturated heterocycles. The topological polar surface area (TPSA) is 30.7 Å². The highest BCUT2D eigenvalue weighted by Gasteiger charge is 1.91. The molecule has 0 fully saturated rings. The maximum absolute atomic E-state index is 11.9. The standard InChI is InChI=1S/C3H4FN3/c1-7-3(4)5-2-6-7/h2H,1H3. The fourth-order valence-corrected chi connectivity index (χ4v) is 0.282. The van der Waals surface area contributed by atoms with Gasteiger partial charge < -0.3 is 0 Å². The Labute approximate surface area is 39.8 Å². The van der Waals surface area contributed by atoms with Crippen molar-refractivity contribution in [3.63, 3.8) is 0 Å². The molecule has 1 rings (SSSR count). The molecule has 1 aromatic rings. The molecule has 38 valence electrons. The third-order valence-electron chi connectivity index (χ3n) is 0.656. The first-order valence-corrected chi connectivity index (χ1v) is 1.80. The van der Waals surface area contributed by atoms with Crippen molar-refractivity contribution in [1.29, 1.82) is 0 Å². The van der Waals surface area contributed by atoms with Crippen LogP contribution in [-0.4, -0.2) is 14.8 Å². The molecule has 7 heavy (non-hydrogen) atoms. The van der Waals surface area contributed by atoms with Gasteiger partial charge in [0.15, 0.2) is 0 Å². The first-order valence-electron chi connectivity index (χ1n) is 1.80. The third-order valence-corrected chi connectivity index (χ3v) is 0.656. The molecule has 0 atom stereocenters. The summed E-state index contributed by atoms with van der Waals surface area (Å²) in [6, 6.07) is 0. The summed E-state index contributed by atoms with van der Waals surface area (Å²) in [7, 11) is 1.49. The fourth-order valence-electron chi connectivity index (χ4n) is 0.282. The van der Waals surface area contributed by atoms with Crippen molar-refractivity contribution < 1.29 is 4.39 Å². The molecule has 0 aliphatic carbocycles. The molecule has 0 amide bonds. The second-order valence-electron chi connectivity index (χ2n) is 1.15. The van der Waals surface area contributed by atoms with Gasteiger partial charge in [0, 0.05) is 7.05 Å². The largest absolute Gasteiger partial charge is 0.306 e. The predicted octanol–water partition coefficient (Wildman–Crippen LogP) is -0.0458. The lowest BCUT2D eigenvalue weighted by Crippen LogP contribution is -1.93. The lowest BCUT2D eigenvalue weighted by molar-refractivity contribution is 0.477. The van der Waals surface area contributed by atoms with Crippen LogP contribution < -0.4 is 0 Å². The number of hydrogen-bond donors (Lipinski definition) is 0. The molecule has 0 N–H and O–H groups in total. The lowest BCUT2D eigenvalue weighted by atomic mass is 11.2. The van der Waals surface area contributed by atoms with Crippen molar-refractivity contribution in [1.82, 2.24) is 14.8 Å². The first-order chi connectivity index (χ1) is 3.30. The molecule has 0 aliphatic rings. The quantitative estimate of drug-likeness (QED) is 0.459. The van der Waals surface area contributed by atoms with E-state index in [-0.39, 0.29) is 0 Å². The van der Waals surface area contributed by atoms with E-state index in [4.69, 9.17) is 0 Å². The van der Waals surface area contributed by atoms with E-state index in [0.29, 0.717) is 0 Å². The Bertz CT molecular complexity index is 142. The van der Waals surface area contributed by atoms with Gasteiger partial charge in [-0.2, -0.15) is 14.5 Å². The van der Waals surface area contributed by atoms with Crippen LogP contribution in [0.15, 0.2) is 6.33 Å². The Morgan fingerprint density at radius 2 is 2.57 bits per heavy atom. The summed E-state index contributed by atoms with van der Waals surface area (Å²) in [5, 5.41) is 3.45. The SMILES string of the molecule is Cn1ncnc1F. The summed E-state index contributed by atoms with van der Waals surface area (Å²) in [5.74, 6) is 0. The van der Waals surface area contributed by atoms with Crippen LogP contribution in [0.5, 0.6) is 0 Å². The minimum Gasteiger partial charge on any atom is -0.225 e. The van der Waals surface area contributed by atoms with Gasteiger partial charge >= 0.3 is 6.08 Å². The number of halogens is 1. The van der Waals surface area contributed by atoms with Gasteiger partial charge in [-0.3, -0.25) is 0 Å². The van der Waals surface area contributed by atoms with Crippen molar-refractivity contribution >= 4 is 0 Å². The van der Waals surface area contributed by atoms with Crippen LogP contribution in [0.3, 0.4) is 0 Å². The zero-order valence-corrected chi connectivity index (χ0v) is 3.80. The molecule has 0 aromatic carbocycles. The van der Waals surface area contributed by atoms with E-state index in [1.54, 1.807) is 0 Å². The van der Waals surface area contributed by atoms with Crippen molar-refractivity contribution in [3.05, 3.63) is 12.4 Å². The van der Waals surface area contributed by atoms with Gasteiger partial charge in [0.2, 0.25) is 0 Å². The number of hydrogen-bond acceptors (Lipinski definition) is 2. The summed E-state index contributed by atoms with van der Waals surface area (Å²) < 4.78 is 12.9. The maximum Gasteiger partial charge on any atom is 0.306 e. The number of nitrogens with zero attached hydrogens (tertiary/aromatic N) is 3. The van der Waals surface area contributed by atoms with Crippen molar-refractivity contribution in [2.45, 2.75) is 0 Å². The molecule has 4 heteroatoms. The molecular formula is C3H4FN3. The third kappa shape index (κ3) is 0.581. The van der Waals surface area contributed by atoms with Crippen molar-refractivity contribution in [3.8, 4) is 0 Å². The number of aryl methyl sites for hydroxylation is 1. The average Bonchev–Trinajstić information content (AvgIpc) is 1.91. The maximum atomic E-state index is 11.9. The molecule has 0 radical (unpaired) electrons. The normalized spacial score (nSPS) is 9.43. The van der Waals surface area contributed by atoms with E-state index >= 15 is 0 Å². The Hall–Kier alpha value is -0.930. The molecule has 0 bridgehead atoms. The van der Waals surface area contributed by atoms with E-state index in [2.05, 4.69) is 10.1 Å². The Balaban J connectivity index is 3.12. The molecule has 3 nitrogen and oxygen atoms in total. The van der Waals surface area contributed by atoms with Crippen LogP contribution >= 0.6 is 0 Å². The lowest BCUT2D eigenvalue weighted by Gasteiger charge is -1.80. The van der Waals surface area contributed by atoms with Crippen LogP contribution in [0.4, 0.5) is 4.39 Å². The van der Waals surface area contributed by atoms with Gasteiger partial charge in [0.05, 0.1) is 0 Å². The summed E-state index contributed by atoms with van der Waals surface area (Å²) in [6.45, 7) is 0. The van der Waals surface area contributed by atoms with E-state index in [0.717, 1.165) is 11.0 Å². The van der Waals surface area contributed by atoms with E-state index in [9.17, 15) is 4.39 Å². The fraction of sp³-hybridized carbons (Fsp3) is 0.333. The van der Waals surface area contributed by atoms with Crippen LogP contribution in [0.2, 0.25) is 0 Å². The molecular weight excluding hydrogens is 97.1 g/mol. The summed E-state index contributed by atoms with van der Waals surface area (Å²) in [5.41, 5.74) is 0. The van der Waals surface area contributed by atoms with E-state index < -0.39 is 6.08 Å². The van der Waals surface area contributed by atoms with Crippen LogP contribution in [-0.2, 0) is 7.05 Å². The molecule has 0 saturated carbocycles. The van der Waals surface area contributed by atoms with Gasteiger partial charge in [-0.25, -0.2) is 4.68 Å². The van der Waals surface area contributed by atoms with Gasteiger partial charge in [-0.05, 0) is 0 Å². The van der Waals surface area contributed by atoms with Gasteiger partial charge in [-0.15, -0.1) is 0 Å². The molecule has 0 unspecified atom stereocenters. The zero-order chi connectivity index (χ0) is 5.28. The Morgan fingerprint density at radius 3 is 2.71 bits per heavy atom. The van der Waals surface area contributed by atoms with Crippen LogP contribution in [0.25, 0.3) is 0 Å². The predicted molar refractivity (Wildman–Crippen MR) is 21.0 cm³/mol. The zero-order valence-electron chi connectivity index (χ0n) is 3.80. The molecule has 0 spiro atoms. The minimum atomic E-state index is -0.556. The Morgan fingerprint density at radius 1 is 1.86 bits per heavy atom. The van der Waals surface area contributed by atoms with Crippen LogP contribution in [0.1, 0.15) is 0 Å². The summed E-state index contributed by atoms with van der Waals surface area (Å²) >= 11 is 0. The smallest absolute Gasteiger partial charge is 0.225 e. The molecule has 1 aromatic heterocycles. The highest BCUT2D eigenvalue weighted by molar-refractivity contribution is 4.56. The first kappa shape index (κ1) is 4.23. The molecule has 0 aliphatic heterocycles. The highest BCUT2D eigenvalue weighted by atomic mass is 19.1.